The van der Waals surface area contributed by atoms with Gasteiger partial charge in [-0.15, -0.1) is 0 Å². The molecule has 3 aromatic rings. The van der Waals surface area contributed by atoms with E-state index in [-0.39, 0.29) is 11.9 Å². The van der Waals surface area contributed by atoms with Crippen molar-refractivity contribution in [2.24, 2.45) is 0 Å². The van der Waals surface area contributed by atoms with Gasteiger partial charge in [-0.25, -0.2) is 0 Å². The first-order valence-corrected chi connectivity index (χ1v) is 11.0. The number of nitrogens with one attached hydrogen (secondary N) is 2. The number of amides is 1. The van der Waals surface area contributed by atoms with Crippen LogP contribution in [0.3, 0.4) is 0 Å². The molecule has 0 unspecified atom stereocenters. The zero-order valence-corrected chi connectivity index (χ0v) is 18.7. The minimum absolute atomic E-state index is 0.0631. The van der Waals surface area contributed by atoms with E-state index in [0.717, 1.165) is 41.0 Å². The second-order valence-corrected chi connectivity index (χ2v) is 8.41. The molecule has 1 aliphatic heterocycles. The highest BCUT2D eigenvalue weighted by Gasteiger charge is 2.23. The summed E-state index contributed by atoms with van der Waals surface area (Å²) < 4.78 is 0. The number of rotatable bonds is 5. The standard InChI is InChI=1S/C26H27N3OS/c1-18-10-13-21(14-11-18)25(20-7-4-3-5-8-20)28-26(31)27-22-15-12-19(2)23(17-22)29-16-6-9-24(29)30/h3-5,7-8,10-15,17,25H,6,9,16H2,1-2H3,(H2,27,28,31)/t25-/m1/s1. The zero-order chi connectivity index (χ0) is 21.8. The molecule has 0 saturated carbocycles. The summed E-state index contributed by atoms with van der Waals surface area (Å²) >= 11 is 5.67. The van der Waals surface area contributed by atoms with E-state index in [1.165, 1.54) is 5.56 Å². The molecule has 0 bridgehead atoms. The molecule has 5 heteroatoms. The van der Waals surface area contributed by atoms with Crippen molar-refractivity contribution in [3.05, 3.63) is 95.1 Å². The lowest BCUT2D eigenvalue weighted by atomic mass is 9.98. The van der Waals surface area contributed by atoms with E-state index in [1.807, 2.05) is 48.2 Å². The van der Waals surface area contributed by atoms with Gasteiger partial charge in [-0.05, 0) is 61.3 Å². The van der Waals surface area contributed by atoms with Crippen molar-refractivity contribution < 1.29 is 4.79 Å². The van der Waals surface area contributed by atoms with Crippen LogP contribution in [0, 0.1) is 13.8 Å². The first kappa shape index (κ1) is 21.1. The Morgan fingerprint density at radius 3 is 2.35 bits per heavy atom. The van der Waals surface area contributed by atoms with Crippen molar-refractivity contribution in [2.45, 2.75) is 32.7 Å². The number of nitrogens with zero attached hydrogens (tertiary/aromatic N) is 1. The molecule has 31 heavy (non-hydrogen) atoms. The molecule has 158 valence electrons. The second kappa shape index (κ2) is 9.31. The van der Waals surface area contributed by atoms with E-state index in [4.69, 9.17) is 12.2 Å². The van der Waals surface area contributed by atoms with Gasteiger partial charge in [0.2, 0.25) is 5.91 Å². The summed E-state index contributed by atoms with van der Waals surface area (Å²) in [6.45, 7) is 4.89. The summed E-state index contributed by atoms with van der Waals surface area (Å²) in [5, 5.41) is 7.32. The summed E-state index contributed by atoms with van der Waals surface area (Å²) in [5.41, 5.74) is 6.42. The Kier molecular flexibility index (Phi) is 6.33. The summed E-state index contributed by atoms with van der Waals surface area (Å²) in [6, 6.07) is 24.7. The van der Waals surface area contributed by atoms with Gasteiger partial charge in [0.25, 0.3) is 0 Å². The average molecular weight is 430 g/mol. The van der Waals surface area contributed by atoms with E-state index < -0.39 is 0 Å². The normalized spacial score (nSPS) is 14.4. The number of anilines is 2. The summed E-state index contributed by atoms with van der Waals surface area (Å²) in [5.74, 6) is 0.185. The average Bonchev–Trinajstić information content (AvgIpc) is 3.20. The van der Waals surface area contributed by atoms with Crippen molar-refractivity contribution in [2.75, 3.05) is 16.8 Å². The van der Waals surface area contributed by atoms with E-state index in [0.29, 0.717) is 11.5 Å². The molecule has 1 saturated heterocycles. The Hall–Kier alpha value is -3.18. The van der Waals surface area contributed by atoms with Crippen molar-refractivity contribution in [1.29, 1.82) is 0 Å². The quantitative estimate of drug-likeness (QED) is 0.525. The molecular weight excluding hydrogens is 402 g/mol. The van der Waals surface area contributed by atoms with Crippen molar-refractivity contribution in [3.8, 4) is 0 Å². The first-order valence-electron chi connectivity index (χ1n) is 10.6. The molecule has 4 nitrogen and oxygen atoms in total. The Labute approximate surface area is 189 Å². The summed E-state index contributed by atoms with van der Waals surface area (Å²) in [6.07, 6.45) is 1.53. The number of thiocarbonyl (C=S) groups is 1. The Morgan fingerprint density at radius 1 is 0.968 bits per heavy atom. The van der Waals surface area contributed by atoms with Gasteiger partial charge in [-0.2, -0.15) is 0 Å². The van der Waals surface area contributed by atoms with Crippen LogP contribution >= 0.6 is 12.2 Å². The molecule has 4 rings (SSSR count). The topological polar surface area (TPSA) is 44.4 Å². The highest BCUT2D eigenvalue weighted by Crippen LogP contribution is 2.28. The summed E-state index contributed by atoms with van der Waals surface area (Å²) in [4.78, 5) is 14.1. The second-order valence-electron chi connectivity index (χ2n) is 8.00. The highest BCUT2D eigenvalue weighted by molar-refractivity contribution is 7.80. The van der Waals surface area contributed by atoms with Crippen molar-refractivity contribution in [1.82, 2.24) is 5.32 Å². The number of carbonyl (C=O) groups is 1. The van der Waals surface area contributed by atoms with E-state index in [2.05, 4.69) is 54.0 Å². The predicted octanol–water partition coefficient (Wildman–Crippen LogP) is 5.51. The fraction of sp³-hybridized carbons (Fsp3) is 0.231. The van der Waals surface area contributed by atoms with Gasteiger partial charge in [0.05, 0.1) is 6.04 Å². The van der Waals surface area contributed by atoms with Crippen LogP contribution in [0.5, 0.6) is 0 Å². The Bertz CT molecular complexity index is 1080. The van der Waals surface area contributed by atoms with Crippen LogP contribution in [0.2, 0.25) is 0 Å². The van der Waals surface area contributed by atoms with Crippen LogP contribution in [0.1, 0.15) is 41.1 Å². The number of carbonyl (C=O) groups excluding carboxylic acids is 1. The van der Waals surface area contributed by atoms with Crippen LogP contribution in [0.4, 0.5) is 11.4 Å². The lowest BCUT2D eigenvalue weighted by molar-refractivity contribution is -0.117. The van der Waals surface area contributed by atoms with Crippen LogP contribution in [-0.2, 0) is 4.79 Å². The molecule has 1 heterocycles. The lowest BCUT2D eigenvalue weighted by Crippen LogP contribution is -2.33. The first-order chi connectivity index (χ1) is 15.0. The molecule has 1 fully saturated rings. The Morgan fingerprint density at radius 2 is 1.68 bits per heavy atom. The van der Waals surface area contributed by atoms with Crippen LogP contribution in [0.25, 0.3) is 0 Å². The lowest BCUT2D eigenvalue weighted by Gasteiger charge is -2.23. The zero-order valence-electron chi connectivity index (χ0n) is 17.9. The maximum Gasteiger partial charge on any atom is 0.227 e. The number of aryl methyl sites for hydroxylation is 2. The van der Waals surface area contributed by atoms with Gasteiger partial charge in [0.1, 0.15) is 0 Å². The van der Waals surface area contributed by atoms with Crippen molar-refractivity contribution >= 4 is 34.6 Å². The molecule has 3 aromatic carbocycles. The molecule has 0 aromatic heterocycles. The molecule has 0 spiro atoms. The van der Waals surface area contributed by atoms with Gasteiger partial charge >= 0.3 is 0 Å². The van der Waals surface area contributed by atoms with Crippen LogP contribution in [-0.4, -0.2) is 17.6 Å². The fourth-order valence-corrected chi connectivity index (χ4v) is 4.18. The van der Waals surface area contributed by atoms with Crippen molar-refractivity contribution in [3.63, 3.8) is 0 Å². The third kappa shape index (κ3) is 4.94. The predicted molar refractivity (Wildman–Crippen MR) is 132 cm³/mol. The third-order valence-corrected chi connectivity index (χ3v) is 5.87. The monoisotopic (exact) mass is 429 g/mol. The van der Waals surface area contributed by atoms with Gasteiger partial charge < -0.3 is 15.5 Å². The fourth-order valence-electron chi connectivity index (χ4n) is 3.94. The van der Waals surface area contributed by atoms with Gasteiger partial charge in [-0.1, -0.05) is 66.2 Å². The number of hydrogen-bond donors (Lipinski definition) is 2. The van der Waals surface area contributed by atoms with Gasteiger partial charge in [0, 0.05) is 24.3 Å². The van der Waals surface area contributed by atoms with E-state index in [9.17, 15) is 4.79 Å². The number of benzene rings is 3. The summed E-state index contributed by atoms with van der Waals surface area (Å²) in [7, 11) is 0. The molecule has 1 amide bonds. The van der Waals surface area contributed by atoms with E-state index in [1.54, 1.807) is 0 Å². The smallest absolute Gasteiger partial charge is 0.227 e. The number of hydrogen-bond acceptors (Lipinski definition) is 2. The van der Waals surface area contributed by atoms with Gasteiger partial charge in [0.15, 0.2) is 5.11 Å². The molecular formula is C26H27N3OS. The van der Waals surface area contributed by atoms with Crippen LogP contribution in [0.15, 0.2) is 72.8 Å². The molecule has 1 aliphatic rings. The molecule has 0 radical (unpaired) electrons. The largest absolute Gasteiger partial charge is 0.352 e. The SMILES string of the molecule is Cc1ccc([C@H](NC(=S)Nc2ccc(C)c(N3CCCC3=O)c2)c2ccccc2)cc1. The maximum atomic E-state index is 12.2. The van der Waals surface area contributed by atoms with Gasteiger partial charge in [-0.3, -0.25) is 4.79 Å². The molecule has 2 N–H and O–H groups in total. The molecule has 1 atom stereocenters. The minimum Gasteiger partial charge on any atom is -0.352 e. The Balaban J connectivity index is 1.54. The maximum absolute atomic E-state index is 12.2. The third-order valence-electron chi connectivity index (χ3n) is 5.65. The highest BCUT2D eigenvalue weighted by atomic mass is 32.1. The van der Waals surface area contributed by atoms with E-state index >= 15 is 0 Å². The minimum atomic E-state index is -0.0631. The van der Waals surface area contributed by atoms with Crippen LogP contribution < -0.4 is 15.5 Å². The molecule has 0 aliphatic carbocycles.